The van der Waals surface area contributed by atoms with E-state index in [1.54, 1.807) is 0 Å². The van der Waals surface area contributed by atoms with E-state index in [-0.39, 0.29) is 11.5 Å². The molecule has 0 spiro atoms. The maximum Gasteiger partial charge on any atom is 0.0771 e. The van der Waals surface area contributed by atoms with Gasteiger partial charge in [-0.1, -0.05) is 118 Å². The van der Waals surface area contributed by atoms with Crippen molar-refractivity contribution in [2.75, 3.05) is 0 Å². The second kappa shape index (κ2) is 11.1. The summed E-state index contributed by atoms with van der Waals surface area (Å²) in [6.07, 6.45) is 19.6. The highest BCUT2D eigenvalue weighted by Crippen LogP contribution is 2.54. The molecule has 3 aromatic rings. The molecule has 0 saturated heterocycles. The number of benzene rings is 3. The predicted octanol–water partition coefficient (Wildman–Crippen LogP) is 10.7. The van der Waals surface area contributed by atoms with Gasteiger partial charge in [-0.15, -0.1) is 0 Å². The summed E-state index contributed by atoms with van der Waals surface area (Å²) in [5.41, 5.74) is 17.4. The molecule has 1 atom stereocenters. The van der Waals surface area contributed by atoms with Crippen molar-refractivity contribution in [2.24, 2.45) is 0 Å². The van der Waals surface area contributed by atoms with Gasteiger partial charge in [0.2, 0.25) is 0 Å². The standard InChI is InChI=1S/C41H41N/c1-7-9-16-29(8-2)31-25-36(30-17-11-10-12-18-30)40(42-26-31)33-21-15-20-32(28(33)4)38-27(3)23-24-35-34-19-13-14-22-37(34)41(5,6)39(35)38/h7-12,14-18,20-26,40,42H,2,13,19H2,1,3-6H3/b9-7-,29-16+. The quantitative estimate of drug-likeness (QED) is 0.303. The van der Waals surface area contributed by atoms with Crippen LogP contribution in [-0.4, -0.2) is 0 Å². The van der Waals surface area contributed by atoms with Crippen LogP contribution in [0.2, 0.25) is 0 Å². The van der Waals surface area contributed by atoms with E-state index in [2.05, 4.69) is 137 Å². The van der Waals surface area contributed by atoms with Crippen LogP contribution in [0.3, 0.4) is 0 Å². The smallest absolute Gasteiger partial charge is 0.0771 e. The Morgan fingerprint density at radius 3 is 2.55 bits per heavy atom. The summed E-state index contributed by atoms with van der Waals surface area (Å²) in [5.74, 6) is 0. The first kappa shape index (κ1) is 27.8. The van der Waals surface area contributed by atoms with Crippen LogP contribution in [0.25, 0.3) is 22.3 Å². The Hall–Kier alpha value is -4.36. The summed E-state index contributed by atoms with van der Waals surface area (Å²) >= 11 is 0. The highest BCUT2D eigenvalue weighted by molar-refractivity contribution is 5.91. The average Bonchev–Trinajstić information content (AvgIpc) is 3.25. The van der Waals surface area contributed by atoms with Crippen LogP contribution in [0.4, 0.5) is 0 Å². The van der Waals surface area contributed by atoms with E-state index < -0.39 is 0 Å². The summed E-state index contributed by atoms with van der Waals surface area (Å²) in [4.78, 5) is 0. The lowest BCUT2D eigenvalue weighted by atomic mass is 9.75. The Morgan fingerprint density at radius 1 is 0.976 bits per heavy atom. The van der Waals surface area contributed by atoms with Crippen LogP contribution in [-0.2, 0) is 5.41 Å². The van der Waals surface area contributed by atoms with Crippen LogP contribution < -0.4 is 5.32 Å². The molecule has 1 heterocycles. The predicted molar refractivity (Wildman–Crippen MR) is 181 cm³/mol. The fraction of sp³-hybridized carbons (Fsp3) is 0.220. The van der Waals surface area contributed by atoms with Crippen molar-refractivity contribution in [1.29, 1.82) is 0 Å². The third-order valence-corrected chi connectivity index (χ3v) is 9.32. The van der Waals surface area contributed by atoms with E-state index in [1.807, 2.05) is 19.1 Å². The molecule has 1 nitrogen and oxygen atoms in total. The van der Waals surface area contributed by atoms with Crippen molar-refractivity contribution in [3.63, 3.8) is 0 Å². The zero-order chi connectivity index (χ0) is 29.4. The first-order chi connectivity index (χ1) is 20.4. The summed E-state index contributed by atoms with van der Waals surface area (Å²) in [5, 5.41) is 3.81. The number of allylic oxidation sites excluding steroid dienone is 11. The van der Waals surface area contributed by atoms with Gasteiger partial charge in [-0.3, -0.25) is 0 Å². The van der Waals surface area contributed by atoms with E-state index in [0.717, 1.165) is 24.0 Å². The number of rotatable bonds is 6. The molecule has 0 bridgehead atoms. The molecule has 1 unspecified atom stereocenters. The lowest BCUT2D eigenvalue weighted by molar-refractivity contribution is 0.652. The van der Waals surface area contributed by atoms with E-state index in [4.69, 9.17) is 0 Å². The van der Waals surface area contributed by atoms with Gasteiger partial charge in [0.05, 0.1) is 6.04 Å². The number of fused-ring (bicyclic) bond motifs is 2. The topological polar surface area (TPSA) is 12.0 Å². The third-order valence-electron chi connectivity index (χ3n) is 9.32. The fourth-order valence-electron chi connectivity index (χ4n) is 7.20. The molecular formula is C41H41N. The highest BCUT2D eigenvalue weighted by Gasteiger charge is 2.40. The largest absolute Gasteiger partial charge is 0.380 e. The molecule has 3 aliphatic rings. The van der Waals surface area contributed by atoms with Gasteiger partial charge in [0.1, 0.15) is 0 Å². The molecule has 0 amide bonds. The van der Waals surface area contributed by atoms with Crippen molar-refractivity contribution in [1.82, 2.24) is 5.32 Å². The Kier molecular flexibility index (Phi) is 7.37. The number of hydrogen-bond acceptors (Lipinski definition) is 1. The zero-order valence-corrected chi connectivity index (χ0v) is 25.6. The van der Waals surface area contributed by atoms with Gasteiger partial charge in [-0.05, 0) is 112 Å². The van der Waals surface area contributed by atoms with E-state index in [1.165, 1.54) is 61.2 Å². The molecule has 0 fully saturated rings. The van der Waals surface area contributed by atoms with Crippen molar-refractivity contribution in [3.05, 3.63) is 166 Å². The first-order valence-corrected chi connectivity index (χ1v) is 15.2. The van der Waals surface area contributed by atoms with Crippen LogP contribution in [0.1, 0.15) is 73.0 Å². The zero-order valence-electron chi connectivity index (χ0n) is 25.6. The SMILES string of the molecule is C=C/C(=C\C=C/C)C1=CNC(c2cccc(-c3c(C)ccc4c3C(C)(C)C3=C4CCC=C3)c2C)C(c2ccccc2)=C1. The maximum atomic E-state index is 4.09. The van der Waals surface area contributed by atoms with Crippen LogP contribution >= 0.6 is 0 Å². The molecule has 42 heavy (non-hydrogen) atoms. The van der Waals surface area contributed by atoms with Crippen molar-refractivity contribution >= 4 is 11.1 Å². The molecule has 210 valence electrons. The van der Waals surface area contributed by atoms with Gasteiger partial charge in [0, 0.05) is 11.6 Å². The molecule has 1 aliphatic heterocycles. The number of hydrogen-bond donors (Lipinski definition) is 1. The minimum Gasteiger partial charge on any atom is -0.380 e. The van der Waals surface area contributed by atoms with E-state index in [9.17, 15) is 0 Å². The normalized spacial score (nSPS) is 19.3. The second-order valence-corrected chi connectivity index (χ2v) is 12.2. The van der Waals surface area contributed by atoms with Gasteiger partial charge < -0.3 is 5.32 Å². The minimum absolute atomic E-state index is 0.0262. The highest BCUT2D eigenvalue weighted by atomic mass is 14.9. The summed E-state index contributed by atoms with van der Waals surface area (Å²) in [6.45, 7) is 15.5. The van der Waals surface area contributed by atoms with Crippen LogP contribution in [0.5, 0.6) is 0 Å². The van der Waals surface area contributed by atoms with E-state index in [0.29, 0.717) is 0 Å². The second-order valence-electron chi connectivity index (χ2n) is 12.2. The van der Waals surface area contributed by atoms with Gasteiger partial charge in [0.25, 0.3) is 0 Å². The molecule has 1 heteroatoms. The average molecular weight is 548 g/mol. The molecule has 1 N–H and O–H groups in total. The molecule has 3 aromatic carbocycles. The number of nitrogens with one attached hydrogen (secondary N) is 1. The van der Waals surface area contributed by atoms with Crippen LogP contribution in [0, 0.1) is 13.8 Å². The van der Waals surface area contributed by atoms with E-state index >= 15 is 0 Å². The van der Waals surface area contributed by atoms with Crippen LogP contribution in [0.15, 0.2) is 133 Å². The molecule has 2 aliphatic carbocycles. The minimum atomic E-state index is -0.0262. The third kappa shape index (κ3) is 4.58. The van der Waals surface area contributed by atoms with Gasteiger partial charge in [-0.25, -0.2) is 0 Å². The Morgan fingerprint density at radius 2 is 1.79 bits per heavy atom. The summed E-state index contributed by atoms with van der Waals surface area (Å²) < 4.78 is 0. The Bertz CT molecular complexity index is 1750. The first-order valence-electron chi connectivity index (χ1n) is 15.2. The Labute approximate surface area is 252 Å². The Balaban J connectivity index is 1.50. The molecule has 6 rings (SSSR count). The van der Waals surface area contributed by atoms with Crippen molar-refractivity contribution < 1.29 is 0 Å². The molecule has 0 aromatic heterocycles. The van der Waals surface area contributed by atoms with Crippen molar-refractivity contribution in [3.8, 4) is 11.1 Å². The fourth-order valence-corrected chi connectivity index (χ4v) is 7.20. The molecule has 0 radical (unpaired) electrons. The molecular weight excluding hydrogens is 506 g/mol. The van der Waals surface area contributed by atoms with Crippen molar-refractivity contribution in [2.45, 2.75) is 58.9 Å². The van der Waals surface area contributed by atoms with Gasteiger partial charge >= 0.3 is 0 Å². The number of aryl methyl sites for hydroxylation is 1. The molecule has 0 saturated carbocycles. The lowest BCUT2D eigenvalue weighted by Crippen LogP contribution is -2.23. The summed E-state index contributed by atoms with van der Waals surface area (Å²) in [6, 6.07) is 22.4. The van der Waals surface area contributed by atoms with Gasteiger partial charge in [-0.2, -0.15) is 0 Å². The monoisotopic (exact) mass is 547 g/mol. The lowest BCUT2D eigenvalue weighted by Gasteiger charge is -2.31. The summed E-state index contributed by atoms with van der Waals surface area (Å²) in [7, 11) is 0. The van der Waals surface area contributed by atoms with Gasteiger partial charge in [0.15, 0.2) is 0 Å². The maximum absolute atomic E-state index is 4.09. The number of dihydropyridines is 1.